The number of para-hydroxylation sites is 1. The number of fused-ring (bicyclic) bond motifs is 2. The molecule has 0 unspecified atom stereocenters. The zero-order chi connectivity index (χ0) is 34.9. The second kappa shape index (κ2) is 14.7. The lowest BCUT2D eigenvalue weighted by molar-refractivity contribution is -0.183. The Kier molecular flexibility index (Phi) is 10.6. The van der Waals surface area contributed by atoms with E-state index < -0.39 is 24.2 Å². The lowest BCUT2D eigenvalue weighted by Gasteiger charge is -2.62. The molecule has 7 rings (SSSR count). The molecule has 262 valence electrons. The van der Waals surface area contributed by atoms with Crippen molar-refractivity contribution in [3.63, 3.8) is 0 Å². The highest BCUT2D eigenvalue weighted by molar-refractivity contribution is 5.96. The number of benzene rings is 3. The smallest absolute Gasteiger partial charge is 0.240 e. The summed E-state index contributed by atoms with van der Waals surface area (Å²) in [6, 6.07) is 22.9. The van der Waals surface area contributed by atoms with E-state index in [2.05, 4.69) is 38.2 Å². The van der Waals surface area contributed by atoms with Crippen LogP contribution in [0.1, 0.15) is 74.9 Å². The Morgan fingerprint density at radius 1 is 1.04 bits per heavy atom. The second-order valence-corrected chi connectivity index (χ2v) is 15.1. The number of aliphatic hydroxyl groups excluding tert-OH is 2. The maximum absolute atomic E-state index is 14.1. The highest BCUT2D eigenvalue weighted by Gasteiger charge is 2.57. The fourth-order valence-electron chi connectivity index (χ4n) is 8.91. The summed E-state index contributed by atoms with van der Waals surface area (Å²) in [6.07, 6.45) is 2.71. The number of hydrogen-bond donors (Lipinski definition) is 3. The monoisotopic (exact) mass is 668 g/mol. The van der Waals surface area contributed by atoms with E-state index in [0.717, 1.165) is 36.0 Å². The van der Waals surface area contributed by atoms with E-state index in [9.17, 15) is 19.8 Å². The molecule has 3 aliphatic carbocycles. The molecule has 3 saturated carbocycles. The average Bonchev–Trinajstić information content (AvgIpc) is 3.48. The molecule has 8 nitrogen and oxygen atoms in total. The van der Waals surface area contributed by atoms with Crippen LogP contribution in [0.2, 0.25) is 0 Å². The third kappa shape index (κ3) is 7.07. The van der Waals surface area contributed by atoms with Gasteiger partial charge in [0.05, 0.1) is 26.4 Å². The van der Waals surface area contributed by atoms with Crippen LogP contribution in [0.5, 0.6) is 5.75 Å². The minimum Gasteiger partial charge on any atom is -0.496 e. The summed E-state index contributed by atoms with van der Waals surface area (Å²) in [5, 5.41) is 26.0. The molecule has 1 aliphatic heterocycles. The van der Waals surface area contributed by atoms with E-state index >= 15 is 0 Å². The van der Waals surface area contributed by atoms with Crippen LogP contribution in [0.15, 0.2) is 72.8 Å². The van der Waals surface area contributed by atoms with E-state index in [-0.39, 0.29) is 30.9 Å². The van der Waals surface area contributed by atoms with Crippen LogP contribution in [-0.4, -0.2) is 65.0 Å². The van der Waals surface area contributed by atoms with Crippen molar-refractivity contribution in [2.24, 2.45) is 29.1 Å². The van der Waals surface area contributed by atoms with Crippen LogP contribution in [-0.2, 0) is 22.6 Å². The van der Waals surface area contributed by atoms with E-state index in [4.69, 9.17) is 9.57 Å². The lowest BCUT2D eigenvalue weighted by atomic mass is 9.45. The quantitative estimate of drug-likeness (QED) is 0.186. The minimum absolute atomic E-state index is 0.0607. The van der Waals surface area contributed by atoms with E-state index in [1.807, 2.05) is 60.7 Å². The molecule has 1 saturated heterocycles. The average molecular weight is 669 g/mol. The predicted molar refractivity (Wildman–Crippen MR) is 190 cm³/mol. The highest BCUT2D eigenvalue weighted by atomic mass is 16.7. The van der Waals surface area contributed by atoms with Gasteiger partial charge in [-0.1, -0.05) is 93.6 Å². The Morgan fingerprint density at radius 2 is 1.78 bits per heavy atom. The molecular formula is C41H52N2O6. The van der Waals surface area contributed by atoms with Gasteiger partial charge in [0.25, 0.3) is 0 Å². The number of aliphatic hydroxyl groups is 2. The minimum atomic E-state index is -0.873. The maximum atomic E-state index is 14.1. The Balaban J connectivity index is 1.18. The van der Waals surface area contributed by atoms with Crippen LogP contribution < -0.4 is 10.1 Å². The molecule has 8 atom stereocenters. The molecule has 3 aromatic rings. The Labute approximate surface area is 290 Å². The van der Waals surface area contributed by atoms with Crippen LogP contribution in [0, 0.1) is 29.1 Å². The number of ketones is 1. The third-order valence-corrected chi connectivity index (χ3v) is 11.9. The summed E-state index contributed by atoms with van der Waals surface area (Å²) in [5.41, 5.74) is 4.77. The van der Waals surface area contributed by atoms with Gasteiger partial charge in [0.2, 0.25) is 5.91 Å². The van der Waals surface area contributed by atoms with Crippen LogP contribution in [0.4, 0.5) is 0 Å². The van der Waals surface area contributed by atoms with Crippen molar-refractivity contribution in [1.29, 1.82) is 0 Å². The molecular weight excluding hydrogens is 616 g/mol. The van der Waals surface area contributed by atoms with Crippen LogP contribution in [0.3, 0.4) is 0 Å². The SMILES string of the molecule is COc1c(CN2O[C@@H](CO)[C@@H]([C@H](C)O)[C@H]2C(=O)N[C@@H]2C[C@H]3C[C@@H]([C@@H]2C)C3(C)C)cccc1-c1ccc(C(=O)CCCc2ccccc2)cc1. The zero-order valence-electron chi connectivity index (χ0n) is 29.5. The summed E-state index contributed by atoms with van der Waals surface area (Å²) in [5.74, 6) is 1.48. The summed E-state index contributed by atoms with van der Waals surface area (Å²) in [6.45, 7) is 8.47. The number of amides is 1. The molecule has 0 radical (unpaired) electrons. The van der Waals surface area contributed by atoms with E-state index in [1.54, 1.807) is 19.1 Å². The fraction of sp³-hybridized carbons (Fsp3) is 0.512. The van der Waals surface area contributed by atoms with Crippen molar-refractivity contribution < 1.29 is 29.4 Å². The van der Waals surface area contributed by atoms with Gasteiger partial charge in [-0.05, 0) is 66.9 Å². The molecule has 3 N–H and O–H groups in total. The first-order valence-electron chi connectivity index (χ1n) is 17.9. The van der Waals surface area contributed by atoms with Gasteiger partial charge >= 0.3 is 0 Å². The molecule has 4 aliphatic rings. The van der Waals surface area contributed by atoms with Gasteiger partial charge in [-0.15, -0.1) is 0 Å². The summed E-state index contributed by atoms with van der Waals surface area (Å²) < 4.78 is 5.96. The normalized spacial score (nSPS) is 28.0. The zero-order valence-corrected chi connectivity index (χ0v) is 29.5. The summed E-state index contributed by atoms with van der Waals surface area (Å²) >= 11 is 0. The maximum Gasteiger partial charge on any atom is 0.240 e. The van der Waals surface area contributed by atoms with Gasteiger partial charge in [-0.2, -0.15) is 5.06 Å². The molecule has 8 heteroatoms. The number of carbonyl (C=O) groups excluding carboxylic acids is 2. The number of aryl methyl sites for hydroxylation is 1. The van der Waals surface area contributed by atoms with Gasteiger partial charge in [-0.25, -0.2) is 0 Å². The number of hydrogen-bond acceptors (Lipinski definition) is 7. The molecule has 4 fully saturated rings. The lowest BCUT2D eigenvalue weighted by Crippen LogP contribution is -2.62. The van der Waals surface area contributed by atoms with Gasteiger partial charge in [-0.3, -0.25) is 14.4 Å². The van der Waals surface area contributed by atoms with Crippen molar-refractivity contribution in [2.75, 3.05) is 13.7 Å². The molecule has 1 heterocycles. The van der Waals surface area contributed by atoms with E-state index in [1.165, 1.54) is 12.0 Å². The first-order chi connectivity index (χ1) is 23.5. The number of nitrogens with zero attached hydrogens (tertiary/aromatic N) is 1. The first kappa shape index (κ1) is 35.3. The predicted octanol–water partition coefficient (Wildman–Crippen LogP) is 6.23. The van der Waals surface area contributed by atoms with Gasteiger partial charge in [0.15, 0.2) is 5.78 Å². The van der Waals surface area contributed by atoms with Gasteiger partial charge in [0, 0.05) is 35.1 Å². The van der Waals surface area contributed by atoms with Crippen LogP contribution in [0.25, 0.3) is 11.1 Å². The van der Waals surface area contributed by atoms with Crippen LogP contribution >= 0.6 is 0 Å². The standard InChI is InChI=1S/C41H52N2O6/c1-25-33-21-31(41(33,3)4)22-34(25)42-40(47)38-37(26(2)45)36(24-44)49-43(38)23-30-14-10-15-32(39(30)48-5)28-17-19-29(20-18-28)35(46)16-9-13-27-11-7-6-8-12-27/h6-8,10-12,14-15,17-20,25-26,31,33-34,36-38,44-45H,9,13,16,21-24H2,1-5H3,(H,42,47)/t25-,26-,31+,33-,34+,36-,37+,38-/m0/s1. The number of nitrogens with one attached hydrogen (secondary N) is 1. The Hall–Kier alpha value is -3.56. The highest BCUT2D eigenvalue weighted by Crippen LogP contribution is 2.61. The largest absolute Gasteiger partial charge is 0.496 e. The number of Topliss-reactive ketones (excluding diaryl/α,β-unsaturated/α-hetero) is 1. The second-order valence-electron chi connectivity index (χ2n) is 15.1. The number of methoxy groups -OCH3 is 1. The fourth-order valence-corrected chi connectivity index (χ4v) is 8.91. The van der Waals surface area contributed by atoms with E-state index in [0.29, 0.717) is 40.9 Å². The van der Waals surface area contributed by atoms with Crippen molar-refractivity contribution in [3.8, 4) is 16.9 Å². The molecule has 2 bridgehead atoms. The molecule has 0 spiro atoms. The molecule has 49 heavy (non-hydrogen) atoms. The first-order valence-corrected chi connectivity index (χ1v) is 17.9. The molecule has 1 amide bonds. The number of rotatable bonds is 13. The Morgan fingerprint density at radius 3 is 2.41 bits per heavy atom. The van der Waals surface area contributed by atoms with Crippen molar-refractivity contribution in [2.45, 2.75) is 90.6 Å². The Bertz CT molecular complexity index is 1610. The van der Waals surface area contributed by atoms with Gasteiger partial charge in [0.1, 0.15) is 17.9 Å². The van der Waals surface area contributed by atoms with Gasteiger partial charge < -0.3 is 20.3 Å². The number of ether oxygens (including phenoxy) is 1. The van der Waals surface area contributed by atoms with Crippen molar-refractivity contribution >= 4 is 11.7 Å². The molecule has 0 aromatic heterocycles. The topological polar surface area (TPSA) is 108 Å². The van der Waals surface area contributed by atoms with Crippen molar-refractivity contribution in [3.05, 3.63) is 89.5 Å². The molecule has 3 aromatic carbocycles. The van der Waals surface area contributed by atoms with Crippen molar-refractivity contribution in [1.82, 2.24) is 10.4 Å². The summed E-state index contributed by atoms with van der Waals surface area (Å²) in [7, 11) is 1.62. The third-order valence-electron chi connectivity index (χ3n) is 11.9. The number of carbonyl (C=O) groups is 2. The number of hydroxylamine groups is 2. The summed E-state index contributed by atoms with van der Waals surface area (Å²) in [4.78, 5) is 33.3.